The van der Waals surface area contributed by atoms with Gasteiger partial charge in [0.05, 0.1) is 17.7 Å². The number of nitrogens with zero attached hydrogens (tertiary/aromatic N) is 3. The van der Waals surface area contributed by atoms with E-state index in [1.54, 1.807) is 12.1 Å². The first-order valence-electron chi connectivity index (χ1n) is 11.0. The average molecular weight is 483 g/mol. The number of alkyl halides is 3. The molecule has 9 heteroatoms. The van der Waals surface area contributed by atoms with Crippen LogP contribution in [-0.4, -0.2) is 25.6 Å². The summed E-state index contributed by atoms with van der Waals surface area (Å²) in [7, 11) is 0. The van der Waals surface area contributed by atoms with Gasteiger partial charge in [0.25, 0.3) is 0 Å². The van der Waals surface area contributed by atoms with Gasteiger partial charge in [0, 0.05) is 17.7 Å². The SMILES string of the molecule is CCc1nc2c(C)cc(C)nc2n1Cc1ccc(OCc2ccc(C(=O)O)cc2C(F)(F)F)cc1. The summed E-state index contributed by atoms with van der Waals surface area (Å²) in [5.74, 6) is -0.0952. The summed E-state index contributed by atoms with van der Waals surface area (Å²) in [6.45, 7) is 6.20. The molecule has 0 atom stereocenters. The quantitative estimate of drug-likeness (QED) is 0.351. The van der Waals surface area contributed by atoms with Gasteiger partial charge < -0.3 is 14.4 Å². The van der Waals surface area contributed by atoms with Gasteiger partial charge in [0.15, 0.2) is 5.65 Å². The van der Waals surface area contributed by atoms with Gasteiger partial charge in [-0.05, 0) is 55.3 Å². The van der Waals surface area contributed by atoms with E-state index >= 15 is 0 Å². The Kier molecular flexibility index (Phi) is 6.51. The minimum atomic E-state index is -4.69. The lowest BCUT2D eigenvalue weighted by Gasteiger charge is -2.15. The number of fused-ring (bicyclic) bond motifs is 1. The van der Waals surface area contributed by atoms with E-state index in [0.717, 1.165) is 52.4 Å². The van der Waals surface area contributed by atoms with Crippen molar-refractivity contribution in [3.63, 3.8) is 0 Å². The van der Waals surface area contributed by atoms with E-state index in [1.165, 1.54) is 0 Å². The fourth-order valence-corrected chi connectivity index (χ4v) is 4.02. The van der Waals surface area contributed by atoms with Crippen molar-refractivity contribution in [3.8, 4) is 5.75 Å². The Labute approximate surface area is 200 Å². The van der Waals surface area contributed by atoms with E-state index < -0.39 is 23.3 Å². The van der Waals surface area contributed by atoms with E-state index in [4.69, 9.17) is 14.8 Å². The molecule has 6 nitrogen and oxygen atoms in total. The summed E-state index contributed by atoms with van der Waals surface area (Å²) in [4.78, 5) is 20.5. The van der Waals surface area contributed by atoms with Gasteiger partial charge in [-0.15, -0.1) is 0 Å². The van der Waals surface area contributed by atoms with E-state index in [9.17, 15) is 18.0 Å². The molecule has 182 valence electrons. The summed E-state index contributed by atoms with van der Waals surface area (Å²) in [5.41, 5.74) is 3.06. The van der Waals surface area contributed by atoms with Crippen molar-refractivity contribution < 1.29 is 27.8 Å². The highest BCUT2D eigenvalue weighted by atomic mass is 19.4. The second-order valence-electron chi connectivity index (χ2n) is 8.33. The highest BCUT2D eigenvalue weighted by Gasteiger charge is 2.34. The second-order valence-corrected chi connectivity index (χ2v) is 8.33. The van der Waals surface area contributed by atoms with Crippen molar-refractivity contribution in [1.82, 2.24) is 14.5 Å². The molecule has 2 heterocycles. The molecule has 0 saturated carbocycles. The number of aryl methyl sites for hydroxylation is 3. The minimum Gasteiger partial charge on any atom is -0.489 e. The van der Waals surface area contributed by atoms with Gasteiger partial charge in [-0.25, -0.2) is 14.8 Å². The van der Waals surface area contributed by atoms with Crippen molar-refractivity contribution >= 4 is 17.1 Å². The Morgan fingerprint density at radius 1 is 1.06 bits per heavy atom. The molecular weight excluding hydrogens is 459 g/mol. The largest absolute Gasteiger partial charge is 0.489 e. The zero-order chi connectivity index (χ0) is 25.3. The molecule has 0 fully saturated rings. The highest BCUT2D eigenvalue weighted by Crippen LogP contribution is 2.33. The molecule has 4 rings (SSSR count). The topological polar surface area (TPSA) is 77.2 Å². The summed E-state index contributed by atoms with van der Waals surface area (Å²) in [5, 5.41) is 9.00. The van der Waals surface area contributed by atoms with Crippen LogP contribution in [0.1, 0.15) is 51.1 Å². The fraction of sp³-hybridized carbons (Fsp3) is 0.269. The molecule has 35 heavy (non-hydrogen) atoms. The van der Waals surface area contributed by atoms with E-state index in [2.05, 4.69) is 9.55 Å². The van der Waals surface area contributed by atoms with Crippen LogP contribution in [0.4, 0.5) is 13.2 Å². The average Bonchev–Trinajstić information content (AvgIpc) is 3.15. The number of hydrogen-bond donors (Lipinski definition) is 1. The van der Waals surface area contributed by atoms with E-state index in [0.29, 0.717) is 18.4 Å². The first-order valence-corrected chi connectivity index (χ1v) is 11.0. The molecule has 0 aliphatic heterocycles. The van der Waals surface area contributed by atoms with Crippen LogP contribution in [0, 0.1) is 13.8 Å². The lowest BCUT2D eigenvalue weighted by atomic mass is 10.0. The zero-order valence-corrected chi connectivity index (χ0v) is 19.5. The van der Waals surface area contributed by atoms with Gasteiger partial charge in [0.1, 0.15) is 23.7 Å². The third-order valence-electron chi connectivity index (χ3n) is 5.74. The molecule has 0 bridgehead atoms. The number of ether oxygens (including phenoxy) is 1. The van der Waals surface area contributed by atoms with Gasteiger partial charge in [-0.3, -0.25) is 0 Å². The lowest BCUT2D eigenvalue weighted by Crippen LogP contribution is -2.13. The normalized spacial score (nSPS) is 11.7. The maximum Gasteiger partial charge on any atom is 0.416 e. The molecule has 1 N–H and O–H groups in total. The van der Waals surface area contributed by atoms with Crippen molar-refractivity contribution in [3.05, 3.63) is 87.9 Å². The van der Waals surface area contributed by atoms with Crippen LogP contribution in [0.15, 0.2) is 48.5 Å². The number of carboxylic acid groups (broad SMARTS) is 1. The number of imidazole rings is 1. The molecule has 0 amide bonds. The number of aromatic carboxylic acids is 1. The molecule has 0 unspecified atom stereocenters. The number of halogens is 3. The van der Waals surface area contributed by atoms with Crippen LogP contribution in [0.25, 0.3) is 11.2 Å². The molecule has 0 aliphatic carbocycles. The van der Waals surface area contributed by atoms with Crippen molar-refractivity contribution in [2.24, 2.45) is 0 Å². The third-order valence-corrected chi connectivity index (χ3v) is 5.74. The number of rotatable bonds is 7. The van der Waals surface area contributed by atoms with Crippen molar-refractivity contribution in [2.75, 3.05) is 0 Å². The molecule has 4 aromatic rings. The Morgan fingerprint density at radius 3 is 2.40 bits per heavy atom. The Morgan fingerprint density at radius 2 is 1.77 bits per heavy atom. The fourth-order valence-electron chi connectivity index (χ4n) is 4.02. The van der Waals surface area contributed by atoms with Crippen LogP contribution in [0.3, 0.4) is 0 Å². The van der Waals surface area contributed by atoms with Gasteiger partial charge in [-0.2, -0.15) is 13.2 Å². The number of benzene rings is 2. The molecular formula is C26H24F3N3O3. The number of hydrogen-bond acceptors (Lipinski definition) is 4. The summed E-state index contributed by atoms with van der Waals surface area (Å²) in [6, 6.07) is 12.0. The van der Waals surface area contributed by atoms with Crippen LogP contribution in [0.5, 0.6) is 5.75 Å². The monoisotopic (exact) mass is 483 g/mol. The molecule has 0 saturated heterocycles. The first kappa shape index (κ1) is 24.3. The highest BCUT2D eigenvalue weighted by molar-refractivity contribution is 5.88. The Bertz CT molecular complexity index is 1390. The zero-order valence-electron chi connectivity index (χ0n) is 19.5. The summed E-state index contributed by atoms with van der Waals surface area (Å²) in [6.07, 6.45) is -3.94. The van der Waals surface area contributed by atoms with E-state index in [1.807, 2.05) is 39.0 Å². The van der Waals surface area contributed by atoms with Gasteiger partial charge in [0.2, 0.25) is 0 Å². The van der Waals surface area contributed by atoms with Gasteiger partial charge in [-0.1, -0.05) is 25.1 Å². The molecule has 0 spiro atoms. The van der Waals surface area contributed by atoms with Gasteiger partial charge >= 0.3 is 12.1 Å². The van der Waals surface area contributed by atoms with E-state index in [-0.39, 0.29) is 12.2 Å². The van der Waals surface area contributed by atoms with Crippen LogP contribution in [-0.2, 0) is 25.7 Å². The number of pyridine rings is 1. The smallest absolute Gasteiger partial charge is 0.416 e. The molecule has 2 aromatic heterocycles. The Hall–Kier alpha value is -3.88. The second kappa shape index (κ2) is 9.40. The Balaban J connectivity index is 1.53. The summed E-state index contributed by atoms with van der Waals surface area (Å²) >= 11 is 0. The lowest BCUT2D eigenvalue weighted by molar-refractivity contribution is -0.138. The van der Waals surface area contributed by atoms with Crippen LogP contribution < -0.4 is 4.74 Å². The summed E-state index contributed by atoms with van der Waals surface area (Å²) < 4.78 is 47.9. The number of carbonyl (C=O) groups is 1. The van der Waals surface area contributed by atoms with Crippen LogP contribution in [0.2, 0.25) is 0 Å². The third kappa shape index (κ3) is 5.13. The maximum atomic E-state index is 13.4. The maximum absolute atomic E-state index is 13.4. The van der Waals surface area contributed by atoms with Crippen LogP contribution >= 0.6 is 0 Å². The molecule has 0 radical (unpaired) electrons. The molecule has 0 aliphatic rings. The predicted molar refractivity (Wildman–Crippen MR) is 125 cm³/mol. The number of carboxylic acids is 1. The number of aromatic nitrogens is 3. The minimum absolute atomic E-state index is 0.138. The van der Waals surface area contributed by atoms with Crippen molar-refractivity contribution in [1.29, 1.82) is 0 Å². The van der Waals surface area contributed by atoms with Crippen molar-refractivity contribution in [2.45, 2.75) is 46.5 Å². The standard InChI is InChI=1S/C26H24F3N3O3/c1-4-22-31-23-15(2)11-16(3)30-24(23)32(22)13-17-5-9-20(10-6-17)35-14-19-8-7-18(25(33)34)12-21(19)26(27,28)29/h5-12H,4,13-14H2,1-3H3,(H,33,34). The predicted octanol–water partition coefficient (Wildman–Crippen LogP) is 5.95. The first-order chi connectivity index (χ1) is 16.6. The molecule has 2 aromatic carbocycles.